The van der Waals surface area contributed by atoms with Crippen molar-refractivity contribution in [3.63, 3.8) is 0 Å². The lowest BCUT2D eigenvalue weighted by atomic mass is 10.0. The lowest BCUT2D eigenvalue weighted by molar-refractivity contribution is -0.151. The molecule has 0 spiro atoms. The Bertz CT molecular complexity index is 726. The van der Waals surface area contributed by atoms with Gasteiger partial charge in [-0.3, -0.25) is 4.79 Å². The first kappa shape index (κ1) is 15.6. The average molecular weight is 331 g/mol. The number of amides is 1. The van der Waals surface area contributed by atoms with Crippen molar-refractivity contribution in [3.05, 3.63) is 47.5 Å². The van der Waals surface area contributed by atoms with Gasteiger partial charge in [0.05, 0.1) is 30.7 Å². The number of aromatic nitrogens is 2. The van der Waals surface area contributed by atoms with Gasteiger partial charge in [-0.1, -0.05) is 12.1 Å². The number of fused-ring (bicyclic) bond motifs is 1. The van der Waals surface area contributed by atoms with E-state index in [1.165, 1.54) is 4.90 Å². The lowest BCUT2D eigenvalue weighted by Gasteiger charge is -2.32. The molecule has 1 atom stereocenters. The molecule has 23 heavy (non-hydrogen) atoms. The van der Waals surface area contributed by atoms with Crippen LogP contribution in [0, 0.1) is 0 Å². The zero-order valence-electron chi connectivity index (χ0n) is 12.7. The highest BCUT2D eigenvalue weighted by Crippen LogP contribution is 2.22. The molecule has 0 radical (unpaired) electrons. The summed E-state index contributed by atoms with van der Waals surface area (Å²) >= 11 is 1.64. The molecule has 120 valence electrons. The summed E-state index contributed by atoms with van der Waals surface area (Å²) in [5.74, 6) is -1.18. The van der Waals surface area contributed by atoms with Crippen molar-refractivity contribution >= 4 is 23.6 Å². The van der Waals surface area contributed by atoms with Crippen LogP contribution in [-0.2, 0) is 29.0 Å². The van der Waals surface area contributed by atoms with E-state index in [-0.39, 0.29) is 25.3 Å². The Morgan fingerprint density at radius 1 is 1.39 bits per heavy atom. The highest BCUT2D eigenvalue weighted by molar-refractivity contribution is 7.98. The largest absolute Gasteiger partial charge is 0.480 e. The van der Waals surface area contributed by atoms with Crippen LogP contribution in [0.4, 0.5) is 0 Å². The van der Waals surface area contributed by atoms with E-state index in [1.807, 2.05) is 30.5 Å². The Labute approximate surface area is 137 Å². The topological polar surface area (TPSA) is 86.3 Å². The molecule has 0 fully saturated rings. The van der Waals surface area contributed by atoms with Gasteiger partial charge in [-0.2, -0.15) is 0 Å². The van der Waals surface area contributed by atoms with Gasteiger partial charge in [0, 0.05) is 11.3 Å². The maximum Gasteiger partial charge on any atom is 0.326 e. The maximum absolute atomic E-state index is 12.6. The number of carbonyl (C=O) groups excluding carboxylic acids is 1. The van der Waals surface area contributed by atoms with Crippen molar-refractivity contribution in [3.8, 4) is 0 Å². The Balaban J connectivity index is 1.77. The smallest absolute Gasteiger partial charge is 0.326 e. The zero-order valence-corrected chi connectivity index (χ0v) is 13.5. The predicted octanol–water partition coefficient (Wildman–Crippen LogP) is 1.71. The highest BCUT2D eigenvalue weighted by Gasteiger charge is 2.35. The second-order valence-electron chi connectivity index (χ2n) is 5.43. The van der Waals surface area contributed by atoms with Crippen molar-refractivity contribution in [2.24, 2.45) is 0 Å². The van der Waals surface area contributed by atoms with Crippen LogP contribution in [0.25, 0.3) is 0 Å². The van der Waals surface area contributed by atoms with Gasteiger partial charge in [0.2, 0.25) is 5.91 Å². The first-order valence-corrected chi connectivity index (χ1v) is 8.47. The number of H-pyrrole nitrogens is 1. The van der Waals surface area contributed by atoms with E-state index in [9.17, 15) is 14.7 Å². The molecule has 2 heterocycles. The molecule has 2 N–H and O–H groups in total. The summed E-state index contributed by atoms with van der Waals surface area (Å²) in [6.45, 7) is 0.258. The fraction of sp³-hybridized carbons (Fsp3) is 0.312. The summed E-state index contributed by atoms with van der Waals surface area (Å²) in [4.78, 5) is 33.8. The molecule has 7 heteroatoms. The predicted molar refractivity (Wildman–Crippen MR) is 86.2 cm³/mol. The van der Waals surface area contributed by atoms with Crippen LogP contribution in [0.2, 0.25) is 0 Å². The Kier molecular flexibility index (Phi) is 4.38. The van der Waals surface area contributed by atoms with Gasteiger partial charge in [0.25, 0.3) is 0 Å². The second-order valence-corrected chi connectivity index (χ2v) is 6.31. The molecule has 6 nitrogen and oxygen atoms in total. The molecule has 2 aromatic rings. The van der Waals surface area contributed by atoms with Crippen molar-refractivity contribution in [1.29, 1.82) is 0 Å². The molecule has 1 amide bonds. The Morgan fingerprint density at radius 3 is 2.78 bits per heavy atom. The van der Waals surface area contributed by atoms with Crippen molar-refractivity contribution < 1.29 is 14.7 Å². The molecule has 1 aliphatic heterocycles. The minimum absolute atomic E-state index is 0.186. The molecule has 3 rings (SSSR count). The van der Waals surface area contributed by atoms with Gasteiger partial charge < -0.3 is 15.0 Å². The van der Waals surface area contributed by atoms with Crippen LogP contribution in [0.15, 0.2) is 35.5 Å². The first-order chi connectivity index (χ1) is 11.1. The monoisotopic (exact) mass is 331 g/mol. The standard InChI is InChI=1S/C16H17N3O3S/c1-23-11-4-2-10(3-5-11)6-15(20)19-8-13-12(17-9-18-13)7-14(19)16(21)22/h2-5,9,14H,6-8H2,1H3,(H,17,18)(H,21,22). The number of carbonyl (C=O) groups is 2. The fourth-order valence-corrected chi connectivity index (χ4v) is 3.15. The maximum atomic E-state index is 12.6. The molecule has 0 aliphatic carbocycles. The first-order valence-electron chi connectivity index (χ1n) is 7.25. The number of carboxylic acid groups (broad SMARTS) is 1. The SMILES string of the molecule is CSc1ccc(CC(=O)N2Cc3[nH]cnc3CC2C(=O)O)cc1. The number of nitrogens with one attached hydrogen (secondary N) is 1. The van der Waals surface area contributed by atoms with Crippen LogP contribution in [0.1, 0.15) is 17.0 Å². The van der Waals surface area contributed by atoms with Gasteiger partial charge in [-0.25, -0.2) is 9.78 Å². The third-order valence-corrected chi connectivity index (χ3v) is 4.76. The summed E-state index contributed by atoms with van der Waals surface area (Å²) in [5.41, 5.74) is 2.42. The van der Waals surface area contributed by atoms with Crippen LogP contribution >= 0.6 is 11.8 Å². The molecule has 0 saturated heterocycles. The van der Waals surface area contributed by atoms with E-state index in [0.29, 0.717) is 0 Å². The number of hydrogen-bond acceptors (Lipinski definition) is 4. The van der Waals surface area contributed by atoms with E-state index >= 15 is 0 Å². The second kappa shape index (κ2) is 6.45. The highest BCUT2D eigenvalue weighted by atomic mass is 32.2. The van der Waals surface area contributed by atoms with Gasteiger partial charge in [-0.15, -0.1) is 11.8 Å². The molecular weight excluding hydrogens is 314 g/mol. The van der Waals surface area contributed by atoms with E-state index in [4.69, 9.17) is 0 Å². The number of aliphatic carboxylic acids is 1. The minimum Gasteiger partial charge on any atom is -0.480 e. The third kappa shape index (κ3) is 3.24. The summed E-state index contributed by atoms with van der Waals surface area (Å²) in [6, 6.07) is 6.88. The minimum atomic E-state index is -0.996. The van der Waals surface area contributed by atoms with Crippen LogP contribution < -0.4 is 0 Å². The van der Waals surface area contributed by atoms with Crippen LogP contribution in [0.5, 0.6) is 0 Å². The number of aromatic amines is 1. The number of benzene rings is 1. The number of carboxylic acids is 1. The molecule has 1 unspecified atom stereocenters. The Morgan fingerprint density at radius 2 is 2.13 bits per heavy atom. The van der Waals surface area contributed by atoms with E-state index < -0.39 is 12.0 Å². The molecule has 1 aromatic carbocycles. The van der Waals surface area contributed by atoms with Gasteiger partial charge in [0.1, 0.15) is 6.04 Å². The number of hydrogen-bond donors (Lipinski definition) is 2. The normalized spacial score (nSPS) is 16.9. The van der Waals surface area contributed by atoms with Crippen LogP contribution in [0.3, 0.4) is 0 Å². The quantitative estimate of drug-likeness (QED) is 0.833. The summed E-state index contributed by atoms with van der Waals surface area (Å²) in [7, 11) is 0. The molecule has 1 aliphatic rings. The Hall–Kier alpha value is -2.28. The third-order valence-electron chi connectivity index (χ3n) is 4.02. The van der Waals surface area contributed by atoms with Crippen molar-refractivity contribution in [1.82, 2.24) is 14.9 Å². The van der Waals surface area contributed by atoms with Gasteiger partial charge in [0.15, 0.2) is 0 Å². The zero-order chi connectivity index (χ0) is 16.4. The average Bonchev–Trinajstić information content (AvgIpc) is 3.01. The van der Waals surface area contributed by atoms with E-state index in [1.54, 1.807) is 18.1 Å². The number of nitrogens with zero attached hydrogens (tertiary/aromatic N) is 2. The molecular formula is C16H17N3O3S. The van der Waals surface area contributed by atoms with Crippen molar-refractivity contribution in [2.45, 2.75) is 30.3 Å². The molecule has 0 bridgehead atoms. The number of imidazole rings is 1. The number of rotatable bonds is 4. The van der Waals surface area contributed by atoms with Gasteiger partial charge >= 0.3 is 5.97 Å². The summed E-state index contributed by atoms with van der Waals surface area (Å²) in [5, 5.41) is 9.42. The summed E-state index contributed by atoms with van der Waals surface area (Å²) in [6.07, 6.45) is 3.97. The van der Waals surface area contributed by atoms with E-state index in [0.717, 1.165) is 21.8 Å². The number of thioether (sulfide) groups is 1. The molecule has 1 aromatic heterocycles. The van der Waals surface area contributed by atoms with Crippen molar-refractivity contribution in [2.75, 3.05) is 6.26 Å². The fourth-order valence-electron chi connectivity index (χ4n) is 2.74. The molecule has 0 saturated carbocycles. The lowest BCUT2D eigenvalue weighted by Crippen LogP contribution is -2.49. The van der Waals surface area contributed by atoms with E-state index in [2.05, 4.69) is 9.97 Å². The van der Waals surface area contributed by atoms with Crippen LogP contribution in [-0.4, -0.2) is 44.1 Å². The summed E-state index contributed by atoms with van der Waals surface area (Å²) < 4.78 is 0. The van der Waals surface area contributed by atoms with Gasteiger partial charge in [-0.05, 0) is 24.0 Å².